The predicted molar refractivity (Wildman–Crippen MR) is 106 cm³/mol. The van der Waals surface area contributed by atoms with Gasteiger partial charge in [0, 0.05) is 17.1 Å². The standard InChI is InChI=1S/C18H18Cl2N2O3S/c1-12-10-13(18(23)21-16-6-5-14(19)11-15(16)20)4-7-17(12)22-8-2-3-9-26(22,24)25/h4-7,10-11H,2-3,8-9H2,1H3,(H,21,23). The Morgan fingerprint density at radius 3 is 2.54 bits per heavy atom. The van der Waals surface area contributed by atoms with Crippen molar-refractivity contribution in [1.29, 1.82) is 0 Å². The Kier molecular flexibility index (Phi) is 5.46. The molecule has 1 aliphatic rings. The second-order valence-electron chi connectivity index (χ2n) is 6.17. The number of amides is 1. The van der Waals surface area contributed by atoms with Gasteiger partial charge in [0.2, 0.25) is 10.0 Å². The molecule has 8 heteroatoms. The van der Waals surface area contributed by atoms with Gasteiger partial charge in [0.1, 0.15) is 0 Å². The first-order valence-electron chi connectivity index (χ1n) is 8.15. The highest BCUT2D eigenvalue weighted by atomic mass is 35.5. The second-order valence-corrected chi connectivity index (χ2v) is 9.03. The largest absolute Gasteiger partial charge is 0.321 e. The van der Waals surface area contributed by atoms with Crippen LogP contribution < -0.4 is 9.62 Å². The van der Waals surface area contributed by atoms with E-state index >= 15 is 0 Å². The number of rotatable bonds is 3. The Hall–Kier alpha value is -1.76. The molecular weight excluding hydrogens is 395 g/mol. The first-order chi connectivity index (χ1) is 12.3. The number of hydrogen-bond donors (Lipinski definition) is 1. The lowest BCUT2D eigenvalue weighted by atomic mass is 10.1. The Morgan fingerprint density at radius 1 is 1.12 bits per heavy atom. The molecule has 2 aromatic carbocycles. The van der Waals surface area contributed by atoms with Crippen molar-refractivity contribution < 1.29 is 13.2 Å². The van der Waals surface area contributed by atoms with Gasteiger partial charge >= 0.3 is 0 Å². The number of aryl methyl sites for hydroxylation is 1. The minimum atomic E-state index is -3.29. The number of nitrogens with zero attached hydrogens (tertiary/aromatic N) is 1. The minimum absolute atomic E-state index is 0.156. The Morgan fingerprint density at radius 2 is 1.88 bits per heavy atom. The van der Waals surface area contributed by atoms with E-state index in [0.29, 0.717) is 39.9 Å². The molecule has 1 fully saturated rings. The van der Waals surface area contributed by atoms with E-state index in [-0.39, 0.29) is 11.7 Å². The van der Waals surface area contributed by atoms with E-state index in [1.165, 1.54) is 4.31 Å². The van der Waals surface area contributed by atoms with Crippen LogP contribution in [0.2, 0.25) is 10.0 Å². The fraction of sp³-hybridized carbons (Fsp3) is 0.278. The Bertz CT molecular complexity index is 961. The molecule has 0 aliphatic carbocycles. The smallest absolute Gasteiger partial charge is 0.255 e. The summed E-state index contributed by atoms with van der Waals surface area (Å²) in [5, 5.41) is 3.56. The number of hydrogen-bond acceptors (Lipinski definition) is 3. The van der Waals surface area contributed by atoms with E-state index < -0.39 is 10.0 Å². The van der Waals surface area contributed by atoms with Gasteiger partial charge in [0.05, 0.1) is 22.2 Å². The zero-order chi connectivity index (χ0) is 18.9. The van der Waals surface area contributed by atoms with Crippen LogP contribution in [0, 0.1) is 6.92 Å². The van der Waals surface area contributed by atoms with Crippen LogP contribution in [0.4, 0.5) is 11.4 Å². The average Bonchev–Trinajstić information content (AvgIpc) is 2.57. The van der Waals surface area contributed by atoms with E-state index in [9.17, 15) is 13.2 Å². The molecule has 1 heterocycles. The van der Waals surface area contributed by atoms with Gasteiger partial charge in [-0.1, -0.05) is 23.2 Å². The first-order valence-corrected chi connectivity index (χ1v) is 10.5. The van der Waals surface area contributed by atoms with Crippen molar-refractivity contribution in [2.45, 2.75) is 19.8 Å². The molecule has 1 aliphatic heterocycles. The fourth-order valence-corrected chi connectivity index (χ4v) is 5.08. The average molecular weight is 413 g/mol. The van der Waals surface area contributed by atoms with Crippen molar-refractivity contribution in [2.24, 2.45) is 0 Å². The maximum Gasteiger partial charge on any atom is 0.255 e. The van der Waals surface area contributed by atoms with Crippen molar-refractivity contribution in [2.75, 3.05) is 21.9 Å². The zero-order valence-corrected chi connectivity index (χ0v) is 16.5. The van der Waals surface area contributed by atoms with E-state index in [2.05, 4.69) is 5.32 Å². The van der Waals surface area contributed by atoms with E-state index in [1.54, 1.807) is 43.3 Å². The van der Waals surface area contributed by atoms with Crippen LogP contribution in [0.15, 0.2) is 36.4 Å². The normalized spacial score (nSPS) is 16.3. The van der Waals surface area contributed by atoms with Gasteiger partial charge in [0.25, 0.3) is 5.91 Å². The van der Waals surface area contributed by atoms with Crippen LogP contribution in [0.3, 0.4) is 0 Å². The lowest BCUT2D eigenvalue weighted by Crippen LogP contribution is -2.38. The zero-order valence-electron chi connectivity index (χ0n) is 14.1. The Balaban J connectivity index is 1.84. The molecule has 1 amide bonds. The quantitative estimate of drug-likeness (QED) is 0.807. The van der Waals surface area contributed by atoms with Gasteiger partial charge in [0.15, 0.2) is 0 Å². The fourth-order valence-electron chi connectivity index (χ4n) is 2.92. The highest BCUT2D eigenvalue weighted by Gasteiger charge is 2.27. The molecule has 0 radical (unpaired) electrons. The summed E-state index contributed by atoms with van der Waals surface area (Å²) >= 11 is 11.9. The van der Waals surface area contributed by atoms with Crippen molar-refractivity contribution >= 4 is 50.5 Å². The summed E-state index contributed by atoms with van der Waals surface area (Å²) in [6.07, 6.45) is 1.51. The summed E-state index contributed by atoms with van der Waals surface area (Å²) < 4.78 is 26.0. The summed E-state index contributed by atoms with van der Waals surface area (Å²) in [6.45, 7) is 2.26. The van der Waals surface area contributed by atoms with Crippen LogP contribution >= 0.6 is 23.2 Å². The molecule has 2 aromatic rings. The lowest BCUT2D eigenvalue weighted by Gasteiger charge is -2.29. The number of halogens is 2. The number of carbonyl (C=O) groups is 1. The van der Waals surface area contributed by atoms with Gasteiger partial charge in [-0.15, -0.1) is 0 Å². The van der Waals surface area contributed by atoms with Crippen LogP contribution in [0.1, 0.15) is 28.8 Å². The van der Waals surface area contributed by atoms with Gasteiger partial charge in [-0.3, -0.25) is 9.10 Å². The third kappa shape index (κ3) is 3.98. The van der Waals surface area contributed by atoms with Gasteiger partial charge < -0.3 is 5.32 Å². The number of benzene rings is 2. The first kappa shape index (κ1) is 19.0. The van der Waals surface area contributed by atoms with Gasteiger partial charge in [-0.25, -0.2) is 8.42 Å². The topological polar surface area (TPSA) is 66.5 Å². The number of carbonyl (C=O) groups excluding carboxylic acids is 1. The van der Waals surface area contributed by atoms with Crippen molar-refractivity contribution in [1.82, 2.24) is 0 Å². The van der Waals surface area contributed by atoms with E-state index in [1.807, 2.05) is 0 Å². The second kappa shape index (κ2) is 7.47. The summed E-state index contributed by atoms with van der Waals surface area (Å²) in [6, 6.07) is 9.79. The maximum atomic E-state index is 12.5. The highest BCUT2D eigenvalue weighted by molar-refractivity contribution is 7.92. The molecule has 5 nitrogen and oxygen atoms in total. The maximum absolute atomic E-state index is 12.5. The van der Waals surface area contributed by atoms with Crippen molar-refractivity contribution in [3.63, 3.8) is 0 Å². The third-order valence-corrected chi connectivity index (χ3v) is 6.66. The molecule has 0 spiro atoms. The molecule has 1 N–H and O–H groups in total. The number of nitrogens with one attached hydrogen (secondary N) is 1. The molecule has 3 rings (SSSR count). The Labute approximate surface area is 163 Å². The number of anilines is 2. The van der Waals surface area contributed by atoms with Gasteiger partial charge in [-0.05, 0) is 61.7 Å². The summed E-state index contributed by atoms with van der Waals surface area (Å²) in [5.41, 5.74) is 2.23. The lowest BCUT2D eigenvalue weighted by molar-refractivity contribution is 0.102. The molecule has 138 valence electrons. The van der Waals surface area contributed by atoms with Gasteiger partial charge in [-0.2, -0.15) is 0 Å². The molecule has 26 heavy (non-hydrogen) atoms. The van der Waals surface area contributed by atoms with E-state index in [4.69, 9.17) is 23.2 Å². The van der Waals surface area contributed by atoms with Crippen molar-refractivity contribution in [3.8, 4) is 0 Å². The molecule has 0 saturated carbocycles. The molecule has 0 bridgehead atoms. The minimum Gasteiger partial charge on any atom is -0.321 e. The van der Waals surface area contributed by atoms with Crippen LogP contribution in [0.5, 0.6) is 0 Å². The van der Waals surface area contributed by atoms with Crippen LogP contribution in [0.25, 0.3) is 0 Å². The van der Waals surface area contributed by atoms with Crippen LogP contribution in [-0.2, 0) is 10.0 Å². The molecule has 0 aromatic heterocycles. The van der Waals surface area contributed by atoms with E-state index in [0.717, 1.165) is 12.0 Å². The summed E-state index contributed by atoms with van der Waals surface area (Å²) in [7, 11) is -3.29. The molecular formula is C18H18Cl2N2O3S. The third-order valence-electron chi connectivity index (χ3n) is 4.26. The monoisotopic (exact) mass is 412 g/mol. The molecule has 1 saturated heterocycles. The molecule has 0 unspecified atom stereocenters. The van der Waals surface area contributed by atoms with Crippen molar-refractivity contribution in [3.05, 3.63) is 57.6 Å². The predicted octanol–water partition coefficient (Wildman–Crippen LogP) is 4.48. The van der Waals surface area contributed by atoms with Crippen LogP contribution in [-0.4, -0.2) is 26.6 Å². The number of sulfonamides is 1. The molecule has 0 atom stereocenters. The SMILES string of the molecule is Cc1cc(C(=O)Nc2ccc(Cl)cc2Cl)ccc1N1CCCCS1(=O)=O. The summed E-state index contributed by atoms with van der Waals surface area (Å²) in [4.78, 5) is 12.5. The summed E-state index contributed by atoms with van der Waals surface area (Å²) in [5.74, 6) is -0.172. The highest BCUT2D eigenvalue weighted by Crippen LogP contribution is 2.29.